The van der Waals surface area contributed by atoms with Crippen molar-refractivity contribution in [1.82, 2.24) is 29.2 Å². The van der Waals surface area contributed by atoms with Crippen LogP contribution in [-0.2, 0) is 6.54 Å². The Labute approximate surface area is 149 Å². The van der Waals surface area contributed by atoms with E-state index in [0.717, 1.165) is 9.95 Å². The Kier molecular flexibility index (Phi) is 4.71. The van der Waals surface area contributed by atoms with Crippen molar-refractivity contribution >= 4 is 16.9 Å². The summed E-state index contributed by atoms with van der Waals surface area (Å²) in [7, 11) is 1.55. The van der Waals surface area contributed by atoms with Gasteiger partial charge in [-0.2, -0.15) is 13.9 Å². The van der Waals surface area contributed by atoms with Gasteiger partial charge in [0.1, 0.15) is 5.82 Å². The summed E-state index contributed by atoms with van der Waals surface area (Å²) in [5, 5.41) is 5.07. The molecule has 0 unspecified atom stereocenters. The summed E-state index contributed by atoms with van der Waals surface area (Å²) in [5.41, 5.74) is 1.69. The van der Waals surface area contributed by atoms with Crippen LogP contribution in [0.3, 0.4) is 0 Å². The fraction of sp³-hybridized carbons (Fsp3) is 0.412. The summed E-state index contributed by atoms with van der Waals surface area (Å²) in [6.45, 7) is 3.03. The molecule has 0 aromatic carbocycles. The van der Waals surface area contributed by atoms with Gasteiger partial charge in [0.15, 0.2) is 5.65 Å². The second-order valence-corrected chi connectivity index (χ2v) is 6.41. The SMILES string of the molecule is Cc1nc2c(cnn2C(C)C)cc1C(=O)N(C)Cc1nccn1C(F)F. The summed E-state index contributed by atoms with van der Waals surface area (Å²) in [6, 6.07) is 1.89. The molecule has 0 N–H and O–H groups in total. The van der Waals surface area contributed by atoms with Crippen molar-refractivity contribution in [3.05, 3.63) is 41.7 Å². The van der Waals surface area contributed by atoms with E-state index in [4.69, 9.17) is 0 Å². The molecule has 3 aromatic heterocycles. The lowest BCUT2D eigenvalue weighted by molar-refractivity contribution is 0.0612. The minimum absolute atomic E-state index is 0.0289. The van der Waals surface area contributed by atoms with Crippen LogP contribution in [0.4, 0.5) is 8.78 Å². The number of aromatic nitrogens is 5. The lowest BCUT2D eigenvalue weighted by atomic mass is 10.1. The van der Waals surface area contributed by atoms with Crippen LogP contribution in [0.1, 0.15) is 48.3 Å². The summed E-state index contributed by atoms with van der Waals surface area (Å²) in [5.74, 6) is -0.187. The van der Waals surface area contributed by atoms with Gasteiger partial charge in [-0.3, -0.25) is 9.36 Å². The fourth-order valence-corrected chi connectivity index (χ4v) is 2.79. The number of hydrogen-bond acceptors (Lipinski definition) is 4. The van der Waals surface area contributed by atoms with Crippen molar-refractivity contribution in [2.45, 2.75) is 39.9 Å². The Hall–Kier alpha value is -2.84. The smallest absolute Gasteiger partial charge is 0.319 e. The molecule has 0 fully saturated rings. The second kappa shape index (κ2) is 6.81. The van der Waals surface area contributed by atoms with Crippen molar-refractivity contribution in [3.63, 3.8) is 0 Å². The monoisotopic (exact) mass is 362 g/mol. The number of fused-ring (bicyclic) bond motifs is 1. The minimum Gasteiger partial charge on any atom is -0.334 e. The van der Waals surface area contributed by atoms with Gasteiger partial charge in [-0.15, -0.1) is 0 Å². The zero-order valence-electron chi connectivity index (χ0n) is 15.0. The van der Waals surface area contributed by atoms with E-state index < -0.39 is 6.55 Å². The molecular formula is C17H20F2N6O. The van der Waals surface area contributed by atoms with Gasteiger partial charge in [0.2, 0.25) is 0 Å². The van der Waals surface area contributed by atoms with Crippen LogP contribution in [0, 0.1) is 6.92 Å². The molecule has 26 heavy (non-hydrogen) atoms. The van der Waals surface area contributed by atoms with Crippen LogP contribution in [0.25, 0.3) is 11.0 Å². The van der Waals surface area contributed by atoms with Crippen molar-refractivity contribution in [2.24, 2.45) is 0 Å². The highest BCUT2D eigenvalue weighted by molar-refractivity contribution is 5.98. The third kappa shape index (κ3) is 3.16. The molecule has 0 radical (unpaired) electrons. The van der Waals surface area contributed by atoms with Crippen molar-refractivity contribution < 1.29 is 13.6 Å². The van der Waals surface area contributed by atoms with Gasteiger partial charge in [-0.25, -0.2) is 14.6 Å². The molecule has 0 aliphatic heterocycles. The second-order valence-electron chi connectivity index (χ2n) is 6.41. The predicted octanol–water partition coefficient (Wildman–Crippen LogP) is 3.18. The standard InChI is InChI=1S/C17H20F2N6O/c1-10(2)25-15-12(8-21-25)7-13(11(3)22-15)16(26)23(4)9-14-20-5-6-24(14)17(18)19/h5-8,10,17H,9H2,1-4H3. The molecule has 138 valence electrons. The van der Waals surface area contributed by atoms with Gasteiger partial charge in [-0.05, 0) is 26.8 Å². The number of alkyl halides is 2. The number of halogens is 2. The summed E-state index contributed by atoms with van der Waals surface area (Å²) >= 11 is 0. The first-order valence-corrected chi connectivity index (χ1v) is 8.19. The Morgan fingerprint density at radius 1 is 1.35 bits per heavy atom. The molecule has 3 rings (SSSR count). The van der Waals surface area contributed by atoms with Crippen LogP contribution >= 0.6 is 0 Å². The van der Waals surface area contributed by atoms with E-state index >= 15 is 0 Å². The maximum Gasteiger partial charge on any atom is 0.319 e. The number of carbonyl (C=O) groups is 1. The molecule has 9 heteroatoms. The van der Waals surface area contributed by atoms with E-state index in [1.165, 1.54) is 17.3 Å². The van der Waals surface area contributed by atoms with Crippen molar-refractivity contribution in [1.29, 1.82) is 0 Å². The number of hydrogen-bond donors (Lipinski definition) is 0. The van der Waals surface area contributed by atoms with Gasteiger partial charge >= 0.3 is 6.55 Å². The van der Waals surface area contributed by atoms with Gasteiger partial charge in [0, 0.05) is 30.9 Å². The third-order valence-corrected chi connectivity index (χ3v) is 4.16. The fourth-order valence-electron chi connectivity index (χ4n) is 2.79. The number of pyridine rings is 1. The van der Waals surface area contributed by atoms with Crippen molar-refractivity contribution in [3.8, 4) is 0 Å². The zero-order valence-corrected chi connectivity index (χ0v) is 15.0. The normalized spacial score (nSPS) is 11.7. The van der Waals surface area contributed by atoms with Crippen LogP contribution in [-0.4, -0.2) is 42.2 Å². The lowest BCUT2D eigenvalue weighted by Crippen LogP contribution is -2.28. The molecule has 0 aliphatic rings. The van der Waals surface area contributed by atoms with Crippen LogP contribution in [0.5, 0.6) is 0 Å². The van der Waals surface area contributed by atoms with E-state index in [0.29, 0.717) is 16.9 Å². The molecular weight excluding hydrogens is 342 g/mol. The molecule has 0 saturated carbocycles. The molecule has 0 aliphatic carbocycles. The molecule has 0 spiro atoms. The van der Waals surface area contributed by atoms with E-state index in [1.807, 2.05) is 13.8 Å². The number of carbonyl (C=O) groups excluding carboxylic acids is 1. The Bertz CT molecular complexity index is 946. The zero-order chi connectivity index (χ0) is 19.0. The van der Waals surface area contributed by atoms with Gasteiger partial charge in [0.25, 0.3) is 5.91 Å². The first-order chi connectivity index (χ1) is 12.3. The number of rotatable bonds is 5. The number of nitrogens with zero attached hydrogens (tertiary/aromatic N) is 6. The molecule has 0 saturated heterocycles. The third-order valence-electron chi connectivity index (χ3n) is 4.16. The van der Waals surface area contributed by atoms with Gasteiger partial charge in [0.05, 0.1) is 24.0 Å². The Morgan fingerprint density at radius 2 is 2.08 bits per heavy atom. The van der Waals surface area contributed by atoms with E-state index in [2.05, 4.69) is 15.1 Å². The highest BCUT2D eigenvalue weighted by atomic mass is 19.3. The highest BCUT2D eigenvalue weighted by Gasteiger charge is 2.21. The Morgan fingerprint density at radius 3 is 2.73 bits per heavy atom. The summed E-state index contributed by atoms with van der Waals surface area (Å²) < 4.78 is 28.4. The molecule has 0 atom stereocenters. The highest BCUT2D eigenvalue weighted by Crippen LogP contribution is 2.21. The van der Waals surface area contributed by atoms with Crippen LogP contribution in [0.2, 0.25) is 0 Å². The van der Waals surface area contributed by atoms with Crippen molar-refractivity contribution in [2.75, 3.05) is 7.05 Å². The first-order valence-electron chi connectivity index (χ1n) is 8.19. The largest absolute Gasteiger partial charge is 0.334 e. The molecule has 3 aromatic rings. The topological polar surface area (TPSA) is 68.8 Å². The van der Waals surface area contributed by atoms with Gasteiger partial charge in [-0.1, -0.05) is 0 Å². The average Bonchev–Trinajstić information content (AvgIpc) is 3.19. The molecule has 0 bridgehead atoms. The van der Waals surface area contributed by atoms with E-state index in [-0.39, 0.29) is 24.3 Å². The van der Waals surface area contributed by atoms with Gasteiger partial charge < -0.3 is 4.90 Å². The summed E-state index contributed by atoms with van der Waals surface area (Å²) in [6.07, 6.45) is 4.15. The molecule has 3 heterocycles. The number of amides is 1. The van der Waals surface area contributed by atoms with E-state index in [1.54, 1.807) is 30.9 Å². The maximum absolute atomic E-state index is 12.9. The molecule has 7 nitrogen and oxygen atoms in total. The predicted molar refractivity (Wildman–Crippen MR) is 91.9 cm³/mol. The lowest BCUT2D eigenvalue weighted by Gasteiger charge is -2.18. The number of imidazole rings is 1. The quantitative estimate of drug-likeness (QED) is 0.699. The van der Waals surface area contributed by atoms with Crippen LogP contribution in [0.15, 0.2) is 24.7 Å². The summed E-state index contributed by atoms with van der Waals surface area (Å²) in [4.78, 5) is 22.6. The van der Waals surface area contributed by atoms with Crippen LogP contribution < -0.4 is 0 Å². The maximum atomic E-state index is 12.9. The molecule has 1 amide bonds. The van der Waals surface area contributed by atoms with E-state index in [9.17, 15) is 13.6 Å². The minimum atomic E-state index is -2.70. The first kappa shape index (κ1) is 18.0. The Balaban J connectivity index is 1.89. The number of aryl methyl sites for hydroxylation is 1. The average molecular weight is 362 g/mol.